The van der Waals surface area contributed by atoms with Gasteiger partial charge in [-0.05, 0) is 30.2 Å². The molecule has 0 spiro atoms. The highest BCUT2D eigenvalue weighted by atomic mass is 35.5. The summed E-state index contributed by atoms with van der Waals surface area (Å²) in [5, 5.41) is 17.1. The van der Waals surface area contributed by atoms with Gasteiger partial charge in [-0.25, -0.2) is 14.8 Å². The van der Waals surface area contributed by atoms with Crippen molar-refractivity contribution in [2.75, 3.05) is 5.73 Å². The molecule has 37 heavy (non-hydrogen) atoms. The van der Waals surface area contributed by atoms with Crippen molar-refractivity contribution in [2.24, 2.45) is 5.18 Å². The highest BCUT2D eigenvalue weighted by molar-refractivity contribution is 8.04. The lowest BCUT2D eigenvalue weighted by Gasteiger charge is -2.50. The average molecular weight is 578 g/mol. The van der Waals surface area contributed by atoms with E-state index in [1.165, 1.54) is 28.0 Å². The molecule has 0 aromatic carbocycles. The third-order valence-electron chi connectivity index (χ3n) is 5.80. The standard InChI is InChI=1S/C21H16ClN7O5S3/c22-16-13(27-20(23)37-16)14(28-34)17(30)26-12-10-1-2-11(15(19(32)33)29(10)18(12)31)36-21-25-9(7-35-21)8-3-5-24-6-4-8/h3-7,10,12,14H,1-2H2,(H2,23,27)(H,26,30)(H,32,33). The van der Waals surface area contributed by atoms with E-state index >= 15 is 0 Å². The number of carbonyl (C=O) groups is 3. The number of allylic oxidation sites excluding steroid dienone is 1. The minimum Gasteiger partial charge on any atom is -0.477 e. The Balaban J connectivity index is 1.33. The Morgan fingerprint density at radius 2 is 2.08 bits per heavy atom. The van der Waals surface area contributed by atoms with E-state index < -0.39 is 35.9 Å². The molecule has 16 heteroatoms. The van der Waals surface area contributed by atoms with Crippen molar-refractivity contribution >= 4 is 69.0 Å². The monoisotopic (exact) mass is 577 g/mol. The van der Waals surface area contributed by atoms with Crippen LogP contribution in [0, 0.1) is 4.91 Å². The third-order valence-corrected chi connectivity index (χ3v) is 9.00. The molecule has 4 N–H and O–H groups in total. The average Bonchev–Trinajstić information content (AvgIpc) is 3.48. The van der Waals surface area contributed by atoms with Crippen LogP contribution in [0.2, 0.25) is 4.34 Å². The Morgan fingerprint density at radius 1 is 1.32 bits per heavy atom. The van der Waals surface area contributed by atoms with Gasteiger partial charge in [0.2, 0.25) is 6.04 Å². The number of carboxylic acid groups (broad SMARTS) is 1. The molecular formula is C21H16ClN7O5S3. The number of nitrogens with zero attached hydrogens (tertiary/aromatic N) is 5. The summed E-state index contributed by atoms with van der Waals surface area (Å²) in [7, 11) is 0. The first-order valence-electron chi connectivity index (χ1n) is 10.7. The number of carbonyl (C=O) groups excluding carboxylic acids is 2. The Bertz CT molecular complexity index is 1440. The summed E-state index contributed by atoms with van der Waals surface area (Å²) in [6.45, 7) is 0. The van der Waals surface area contributed by atoms with Crippen LogP contribution in [-0.2, 0) is 14.4 Å². The number of hydrogen-bond donors (Lipinski definition) is 3. The largest absolute Gasteiger partial charge is 0.477 e. The topological polar surface area (TPSA) is 181 Å². The SMILES string of the molecule is Nc1nc(C(N=O)C(=O)NC2C(=O)N3C(C(=O)O)=C(Sc4nc(-c5ccncc5)cs4)CCC23)c(Cl)s1. The minimum atomic E-state index is -1.59. The maximum absolute atomic E-state index is 13.0. The van der Waals surface area contributed by atoms with Crippen LogP contribution < -0.4 is 11.1 Å². The Hall–Kier alpha value is -3.40. The molecule has 5 rings (SSSR count). The number of rotatable bonds is 8. The number of pyridine rings is 1. The number of nitrogen functional groups attached to an aromatic ring is 1. The van der Waals surface area contributed by atoms with Crippen molar-refractivity contribution in [3.05, 3.63) is 55.4 Å². The van der Waals surface area contributed by atoms with Crippen LogP contribution >= 0.6 is 46.0 Å². The molecule has 0 saturated carbocycles. The molecule has 2 aliphatic heterocycles. The Kier molecular flexibility index (Phi) is 6.94. The van der Waals surface area contributed by atoms with Gasteiger partial charge in [0.05, 0.1) is 11.7 Å². The van der Waals surface area contributed by atoms with Gasteiger partial charge in [-0.3, -0.25) is 19.5 Å². The van der Waals surface area contributed by atoms with Crippen LogP contribution in [0.25, 0.3) is 11.3 Å². The van der Waals surface area contributed by atoms with Crippen molar-refractivity contribution in [3.63, 3.8) is 0 Å². The van der Waals surface area contributed by atoms with Crippen LogP contribution in [0.1, 0.15) is 24.6 Å². The fourth-order valence-electron chi connectivity index (χ4n) is 4.15. The van der Waals surface area contributed by atoms with Crippen LogP contribution in [0.3, 0.4) is 0 Å². The summed E-state index contributed by atoms with van der Waals surface area (Å²) in [5.41, 5.74) is 6.97. The highest BCUT2D eigenvalue weighted by Gasteiger charge is 2.54. The second-order valence-electron chi connectivity index (χ2n) is 7.93. The second-order valence-corrected chi connectivity index (χ2v) is 11.8. The molecule has 0 aliphatic carbocycles. The van der Waals surface area contributed by atoms with Crippen LogP contribution in [-0.4, -0.2) is 54.8 Å². The molecule has 3 unspecified atom stereocenters. The number of aromatic nitrogens is 3. The van der Waals surface area contributed by atoms with Crippen LogP contribution in [0.5, 0.6) is 0 Å². The first-order chi connectivity index (χ1) is 17.8. The number of β-lactam (4-membered cyclic amide) rings is 1. The lowest BCUT2D eigenvalue weighted by molar-refractivity contribution is -0.156. The molecule has 2 amide bonds. The van der Waals surface area contributed by atoms with E-state index in [4.69, 9.17) is 17.3 Å². The van der Waals surface area contributed by atoms with Crippen molar-refractivity contribution in [1.82, 2.24) is 25.2 Å². The number of nitrogens with one attached hydrogen (secondary N) is 1. The summed E-state index contributed by atoms with van der Waals surface area (Å²) in [4.78, 5) is 63.4. The zero-order valence-electron chi connectivity index (χ0n) is 18.5. The maximum atomic E-state index is 13.0. The zero-order chi connectivity index (χ0) is 26.3. The van der Waals surface area contributed by atoms with Crippen molar-refractivity contribution in [1.29, 1.82) is 0 Å². The fourth-order valence-corrected chi connectivity index (χ4v) is 7.17. The van der Waals surface area contributed by atoms with E-state index in [9.17, 15) is 24.4 Å². The van der Waals surface area contributed by atoms with Gasteiger partial charge in [0.1, 0.15) is 21.8 Å². The lowest BCUT2D eigenvalue weighted by atomic mass is 9.86. The van der Waals surface area contributed by atoms with Crippen molar-refractivity contribution in [3.8, 4) is 11.3 Å². The van der Waals surface area contributed by atoms with Crippen molar-refractivity contribution < 1.29 is 19.5 Å². The van der Waals surface area contributed by atoms with Gasteiger partial charge in [-0.15, -0.1) is 16.2 Å². The van der Waals surface area contributed by atoms with Gasteiger partial charge < -0.3 is 16.2 Å². The van der Waals surface area contributed by atoms with Crippen LogP contribution in [0.4, 0.5) is 5.13 Å². The van der Waals surface area contributed by atoms with E-state index in [-0.39, 0.29) is 20.9 Å². The number of anilines is 1. The Labute approximate surface area is 225 Å². The third kappa shape index (κ3) is 4.70. The molecule has 3 aromatic rings. The fraction of sp³-hybridized carbons (Fsp3) is 0.238. The molecule has 190 valence electrons. The van der Waals surface area contributed by atoms with Gasteiger partial charge in [-0.1, -0.05) is 34.7 Å². The van der Waals surface area contributed by atoms with E-state index in [0.29, 0.717) is 22.1 Å². The molecule has 1 saturated heterocycles. The summed E-state index contributed by atoms with van der Waals surface area (Å²) in [6.07, 6.45) is 4.09. The Morgan fingerprint density at radius 3 is 2.73 bits per heavy atom. The number of nitroso groups, excluding NO2 is 1. The van der Waals surface area contributed by atoms with E-state index in [1.54, 1.807) is 12.4 Å². The minimum absolute atomic E-state index is 0.0449. The number of aliphatic carboxylic acids is 1. The normalized spacial score (nSPS) is 19.7. The number of carboxylic acids is 1. The smallest absolute Gasteiger partial charge is 0.353 e. The van der Waals surface area contributed by atoms with E-state index in [2.05, 4.69) is 25.4 Å². The molecule has 1 fully saturated rings. The molecule has 12 nitrogen and oxygen atoms in total. The predicted octanol–water partition coefficient (Wildman–Crippen LogP) is 3.28. The molecule has 0 radical (unpaired) electrons. The quantitative estimate of drug-likeness (QED) is 0.265. The molecule has 3 aromatic heterocycles. The molecule has 2 aliphatic rings. The molecular weight excluding hydrogens is 562 g/mol. The first-order valence-corrected chi connectivity index (χ1v) is 13.6. The summed E-state index contributed by atoms with van der Waals surface area (Å²) < 4.78 is 0.680. The summed E-state index contributed by atoms with van der Waals surface area (Å²) >= 11 is 9.46. The van der Waals surface area contributed by atoms with Gasteiger partial charge in [0, 0.05) is 28.2 Å². The number of thioether (sulfide) groups is 1. The van der Waals surface area contributed by atoms with E-state index in [0.717, 1.165) is 22.6 Å². The lowest BCUT2D eigenvalue weighted by Crippen LogP contribution is -2.71. The predicted molar refractivity (Wildman–Crippen MR) is 138 cm³/mol. The number of fused-ring (bicyclic) bond motifs is 1. The number of hydrogen-bond acceptors (Lipinski definition) is 12. The van der Waals surface area contributed by atoms with Crippen molar-refractivity contribution in [2.45, 2.75) is 35.3 Å². The number of thiazole rings is 2. The highest BCUT2D eigenvalue weighted by Crippen LogP contribution is 2.44. The summed E-state index contributed by atoms with van der Waals surface area (Å²) in [6, 6.07) is 0.466. The maximum Gasteiger partial charge on any atom is 0.353 e. The molecule has 0 bridgehead atoms. The number of halogens is 1. The van der Waals surface area contributed by atoms with E-state index in [1.807, 2.05) is 17.5 Å². The van der Waals surface area contributed by atoms with Crippen LogP contribution in [0.15, 0.2) is 50.0 Å². The van der Waals surface area contributed by atoms with Gasteiger partial charge in [0.25, 0.3) is 11.8 Å². The first kappa shape index (κ1) is 25.3. The second kappa shape index (κ2) is 10.2. The molecule has 3 atom stereocenters. The van der Waals surface area contributed by atoms with Gasteiger partial charge >= 0.3 is 5.97 Å². The van der Waals surface area contributed by atoms with Gasteiger partial charge in [0.15, 0.2) is 9.47 Å². The summed E-state index contributed by atoms with van der Waals surface area (Å²) in [5.74, 6) is -2.72. The number of amides is 2. The zero-order valence-corrected chi connectivity index (χ0v) is 21.7. The molecule has 5 heterocycles. The van der Waals surface area contributed by atoms with Gasteiger partial charge in [-0.2, -0.15) is 0 Å². The number of nitrogens with two attached hydrogens (primary N) is 1.